The van der Waals surface area contributed by atoms with Gasteiger partial charge in [-0.3, -0.25) is 0 Å². The first-order valence-corrected chi connectivity index (χ1v) is 10.8. The van der Waals surface area contributed by atoms with E-state index in [1.165, 1.54) is 77.0 Å². The van der Waals surface area contributed by atoms with E-state index in [2.05, 4.69) is 29.5 Å². The highest BCUT2D eigenvalue weighted by molar-refractivity contribution is 14.1. The lowest BCUT2D eigenvalue weighted by atomic mass is 9.46. The van der Waals surface area contributed by atoms with Gasteiger partial charge in [-0.1, -0.05) is 99.0 Å². The van der Waals surface area contributed by atoms with Gasteiger partial charge in [-0.05, 0) is 36.5 Å². The van der Waals surface area contributed by atoms with Gasteiger partial charge in [0, 0.05) is 3.92 Å². The Bertz CT molecular complexity index is 334. The molecule has 0 heterocycles. The molecule has 3 aliphatic carbocycles. The van der Waals surface area contributed by atoms with Crippen LogP contribution < -0.4 is 0 Å². The van der Waals surface area contributed by atoms with Crippen LogP contribution in [0.3, 0.4) is 0 Å². The summed E-state index contributed by atoms with van der Waals surface area (Å²) in [6.45, 7) is 2.45. The fraction of sp³-hybridized carbons (Fsp3) is 1.00. The smallest absolute Gasteiger partial charge is 0.0750 e. The van der Waals surface area contributed by atoms with Gasteiger partial charge in [0.15, 0.2) is 0 Å². The molecule has 0 N–H and O–H groups in total. The van der Waals surface area contributed by atoms with Crippen LogP contribution in [-0.4, -0.2) is 11.8 Å². The molecule has 5 unspecified atom stereocenters. The second-order valence-corrected chi connectivity index (χ2v) is 10.3. The zero-order valence-corrected chi connectivity index (χ0v) is 16.0. The van der Waals surface area contributed by atoms with Gasteiger partial charge in [0.05, 0.1) is 7.85 Å². The molecule has 118 valence electrons. The summed E-state index contributed by atoms with van der Waals surface area (Å²) in [6, 6.07) is 0. The second kappa shape index (κ2) is 7.13. The van der Waals surface area contributed by atoms with Crippen molar-refractivity contribution in [3.63, 3.8) is 0 Å². The number of halogens is 1. The maximum Gasteiger partial charge on any atom is 0.0750 e. The lowest BCUT2D eigenvalue weighted by molar-refractivity contribution is 0.0732. The average molecular weight is 398 g/mol. The molecule has 0 spiro atoms. The Morgan fingerprint density at radius 1 is 0.905 bits per heavy atom. The molecule has 0 aliphatic heterocycles. The minimum atomic E-state index is 0.174. The first-order chi connectivity index (χ1) is 10.1. The first-order valence-electron chi connectivity index (χ1n) is 9.55. The zero-order valence-electron chi connectivity index (χ0n) is 13.8. The molecule has 2 heteroatoms. The Morgan fingerprint density at radius 2 is 1.57 bits per heavy atom. The van der Waals surface area contributed by atoms with Crippen LogP contribution >= 0.6 is 22.6 Å². The van der Waals surface area contributed by atoms with Crippen LogP contribution in [0.15, 0.2) is 0 Å². The Labute approximate surface area is 147 Å². The number of hydrogen-bond donors (Lipinski definition) is 0. The van der Waals surface area contributed by atoms with Crippen LogP contribution in [0, 0.1) is 23.7 Å². The van der Waals surface area contributed by atoms with E-state index in [0.717, 1.165) is 27.6 Å². The molecule has 3 rings (SSSR count). The highest BCUT2D eigenvalue weighted by Gasteiger charge is 2.48. The maximum atomic E-state index is 7.14. The SMILES string of the molecule is [B]C1(C2C(C(C)I)CCCC3CCCCC32)CCCCC1. The highest BCUT2D eigenvalue weighted by Crippen LogP contribution is 2.59. The minimum absolute atomic E-state index is 0.174. The molecule has 0 aromatic carbocycles. The van der Waals surface area contributed by atoms with Crippen molar-refractivity contribution in [2.45, 2.75) is 93.2 Å². The summed E-state index contributed by atoms with van der Waals surface area (Å²) in [5.41, 5.74) is 0. The van der Waals surface area contributed by atoms with Gasteiger partial charge in [-0.2, -0.15) is 0 Å². The Hall–Kier alpha value is 0.795. The Balaban J connectivity index is 1.90. The van der Waals surface area contributed by atoms with E-state index < -0.39 is 0 Å². The third kappa shape index (κ3) is 3.50. The van der Waals surface area contributed by atoms with Crippen molar-refractivity contribution in [2.75, 3.05) is 0 Å². The van der Waals surface area contributed by atoms with Crippen LogP contribution in [0.25, 0.3) is 0 Å². The summed E-state index contributed by atoms with van der Waals surface area (Å²) in [6.07, 6.45) is 17.1. The highest BCUT2D eigenvalue weighted by atomic mass is 127. The molecule has 0 saturated heterocycles. The van der Waals surface area contributed by atoms with E-state index in [9.17, 15) is 0 Å². The molecule has 0 aromatic heterocycles. The number of hydrogen-bond acceptors (Lipinski definition) is 0. The van der Waals surface area contributed by atoms with Crippen molar-refractivity contribution in [3.8, 4) is 0 Å². The fourth-order valence-electron chi connectivity index (χ4n) is 6.09. The van der Waals surface area contributed by atoms with Crippen LogP contribution in [-0.2, 0) is 0 Å². The summed E-state index contributed by atoms with van der Waals surface area (Å²) in [4.78, 5) is 0. The molecule has 21 heavy (non-hydrogen) atoms. The van der Waals surface area contributed by atoms with E-state index >= 15 is 0 Å². The minimum Gasteiger partial charge on any atom is -0.0826 e. The Morgan fingerprint density at radius 3 is 2.29 bits per heavy atom. The molecule has 2 radical (unpaired) electrons. The van der Waals surface area contributed by atoms with E-state index in [4.69, 9.17) is 7.85 Å². The largest absolute Gasteiger partial charge is 0.0826 e. The molecule has 0 amide bonds. The average Bonchev–Trinajstić information content (AvgIpc) is 2.67. The standard InChI is InChI=1S/C19H32BI/c1-14(21)16-11-7-9-15-8-3-4-10-17(15)18(16)19(20)12-5-2-6-13-19/h14-18H,2-13H2,1H3. The normalized spacial score (nSPS) is 41.8. The van der Waals surface area contributed by atoms with Gasteiger partial charge < -0.3 is 0 Å². The van der Waals surface area contributed by atoms with E-state index in [-0.39, 0.29) is 5.31 Å². The van der Waals surface area contributed by atoms with Crippen LogP contribution in [0.4, 0.5) is 0 Å². The molecule has 0 nitrogen and oxygen atoms in total. The zero-order chi connectivity index (χ0) is 14.9. The lowest BCUT2D eigenvalue weighted by Crippen LogP contribution is -2.42. The van der Waals surface area contributed by atoms with E-state index in [1.807, 2.05) is 0 Å². The maximum absolute atomic E-state index is 7.14. The van der Waals surface area contributed by atoms with Crippen molar-refractivity contribution in [2.24, 2.45) is 23.7 Å². The van der Waals surface area contributed by atoms with Crippen molar-refractivity contribution >= 4 is 30.4 Å². The summed E-state index contributed by atoms with van der Waals surface area (Å²) in [5.74, 6) is 3.65. The molecule has 0 aromatic rings. The van der Waals surface area contributed by atoms with Gasteiger partial charge >= 0.3 is 0 Å². The monoisotopic (exact) mass is 398 g/mol. The molecule has 3 fully saturated rings. The van der Waals surface area contributed by atoms with Crippen LogP contribution in [0.2, 0.25) is 5.31 Å². The van der Waals surface area contributed by atoms with Gasteiger partial charge in [-0.15, -0.1) is 0 Å². The molecular weight excluding hydrogens is 366 g/mol. The quantitative estimate of drug-likeness (QED) is 0.290. The van der Waals surface area contributed by atoms with Crippen LogP contribution in [0.1, 0.15) is 84.0 Å². The molecule has 5 atom stereocenters. The van der Waals surface area contributed by atoms with Crippen molar-refractivity contribution in [3.05, 3.63) is 0 Å². The van der Waals surface area contributed by atoms with Crippen molar-refractivity contribution in [1.82, 2.24) is 0 Å². The van der Waals surface area contributed by atoms with Crippen molar-refractivity contribution < 1.29 is 0 Å². The second-order valence-electron chi connectivity index (χ2n) is 8.30. The van der Waals surface area contributed by atoms with Crippen molar-refractivity contribution in [1.29, 1.82) is 0 Å². The van der Waals surface area contributed by atoms with Gasteiger partial charge in [-0.25, -0.2) is 0 Å². The summed E-state index contributed by atoms with van der Waals surface area (Å²) >= 11 is 2.70. The fourth-order valence-corrected chi connectivity index (χ4v) is 6.90. The summed E-state index contributed by atoms with van der Waals surface area (Å²) in [7, 11) is 7.14. The van der Waals surface area contributed by atoms with E-state index in [1.54, 1.807) is 0 Å². The molecule has 3 saturated carbocycles. The number of alkyl halides is 1. The summed E-state index contributed by atoms with van der Waals surface area (Å²) in [5, 5.41) is 0.174. The first kappa shape index (κ1) is 16.6. The third-order valence-electron chi connectivity index (χ3n) is 7.04. The summed E-state index contributed by atoms with van der Waals surface area (Å²) < 4.78 is 0.788. The Kier molecular flexibility index (Phi) is 5.66. The third-order valence-corrected chi connectivity index (χ3v) is 7.96. The molecule has 0 bridgehead atoms. The van der Waals surface area contributed by atoms with Gasteiger partial charge in [0.25, 0.3) is 0 Å². The number of fused-ring (bicyclic) bond motifs is 1. The molecular formula is C19H32BI. The predicted octanol–water partition coefficient (Wildman–Crippen LogP) is 6.32. The van der Waals surface area contributed by atoms with E-state index in [0.29, 0.717) is 0 Å². The predicted molar refractivity (Wildman–Crippen MR) is 101 cm³/mol. The lowest BCUT2D eigenvalue weighted by Gasteiger charge is -2.51. The molecule has 3 aliphatic rings. The number of rotatable bonds is 2. The topological polar surface area (TPSA) is 0 Å². The van der Waals surface area contributed by atoms with Crippen LogP contribution in [0.5, 0.6) is 0 Å². The van der Waals surface area contributed by atoms with Gasteiger partial charge in [0.1, 0.15) is 0 Å². The van der Waals surface area contributed by atoms with Gasteiger partial charge in [0.2, 0.25) is 0 Å².